The second-order valence-electron chi connectivity index (χ2n) is 4.84. The van der Waals surface area contributed by atoms with E-state index < -0.39 is 16.4 Å². The van der Waals surface area contributed by atoms with Crippen molar-refractivity contribution in [3.8, 4) is 0 Å². The third-order valence-corrected chi connectivity index (χ3v) is 3.12. The number of benzene rings is 2. The molecule has 0 aliphatic carbocycles. The number of hydrogen-bond acceptors (Lipinski definition) is 3. The molecule has 1 unspecified atom stereocenters. The van der Waals surface area contributed by atoms with Gasteiger partial charge in [0.25, 0.3) is 0 Å². The van der Waals surface area contributed by atoms with E-state index in [2.05, 4.69) is 0 Å². The lowest BCUT2D eigenvalue weighted by Gasteiger charge is -2.12. The van der Waals surface area contributed by atoms with Gasteiger partial charge in [0.2, 0.25) is 5.82 Å². The normalized spacial score (nSPS) is 12.1. The molecule has 2 aromatic rings. The number of nitrogens with zero attached hydrogens (tertiary/aromatic N) is 1. The summed E-state index contributed by atoms with van der Waals surface area (Å²) in [5.41, 5.74) is 6.89. The molecule has 2 N–H and O–H groups in total. The lowest BCUT2D eigenvalue weighted by molar-refractivity contribution is -0.387. The maximum atomic E-state index is 13.5. The van der Waals surface area contributed by atoms with Crippen LogP contribution in [0.4, 0.5) is 14.5 Å². The second kappa shape index (κ2) is 6.41. The Bertz CT molecular complexity index is 645. The van der Waals surface area contributed by atoms with Crippen molar-refractivity contribution in [1.82, 2.24) is 0 Å². The third kappa shape index (κ3) is 4.06. The van der Waals surface area contributed by atoms with Crippen LogP contribution in [0.5, 0.6) is 0 Å². The first kappa shape index (κ1) is 15.1. The van der Waals surface area contributed by atoms with Gasteiger partial charge in [0.1, 0.15) is 5.82 Å². The molecule has 21 heavy (non-hydrogen) atoms. The fourth-order valence-corrected chi connectivity index (χ4v) is 2.12. The van der Waals surface area contributed by atoms with E-state index in [-0.39, 0.29) is 11.9 Å². The van der Waals surface area contributed by atoms with Crippen molar-refractivity contribution < 1.29 is 13.7 Å². The molecule has 2 aromatic carbocycles. The molecule has 6 heteroatoms. The van der Waals surface area contributed by atoms with Crippen molar-refractivity contribution in [2.45, 2.75) is 18.9 Å². The van der Waals surface area contributed by atoms with Crippen LogP contribution in [0.2, 0.25) is 0 Å². The van der Waals surface area contributed by atoms with Gasteiger partial charge in [0.15, 0.2) is 0 Å². The van der Waals surface area contributed by atoms with E-state index in [0.717, 1.165) is 17.7 Å². The summed E-state index contributed by atoms with van der Waals surface area (Å²) < 4.78 is 26.3. The highest BCUT2D eigenvalue weighted by molar-refractivity contribution is 5.35. The Morgan fingerprint density at radius 3 is 2.19 bits per heavy atom. The van der Waals surface area contributed by atoms with Crippen LogP contribution in [-0.2, 0) is 12.8 Å². The molecule has 0 radical (unpaired) electrons. The van der Waals surface area contributed by atoms with Crippen LogP contribution in [0.25, 0.3) is 0 Å². The number of halogens is 2. The Labute approximate surface area is 120 Å². The fraction of sp³-hybridized carbons (Fsp3) is 0.200. The molecule has 0 saturated heterocycles. The minimum absolute atomic E-state index is 0.281. The van der Waals surface area contributed by atoms with E-state index >= 15 is 0 Å². The van der Waals surface area contributed by atoms with Crippen LogP contribution in [0.15, 0.2) is 42.5 Å². The molecule has 0 aliphatic rings. The zero-order valence-corrected chi connectivity index (χ0v) is 11.1. The SMILES string of the molecule is NC(Cc1ccc(F)cc1)Cc1ccc([N+](=O)[O-])c(F)c1. The molecule has 2 rings (SSSR count). The molecule has 4 nitrogen and oxygen atoms in total. The highest BCUT2D eigenvalue weighted by Crippen LogP contribution is 2.19. The summed E-state index contributed by atoms with van der Waals surface area (Å²) >= 11 is 0. The Kier molecular flexibility index (Phi) is 4.59. The minimum atomic E-state index is -0.869. The van der Waals surface area contributed by atoms with E-state index in [9.17, 15) is 18.9 Å². The molecule has 0 aromatic heterocycles. The summed E-state index contributed by atoms with van der Waals surface area (Å²) in [6, 6.07) is 9.47. The van der Waals surface area contributed by atoms with Gasteiger partial charge in [-0.2, -0.15) is 4.39 Å². The molecule has 0 aliphatic heterocycles. The van der Waals surface area contributed by atoms with Crippen LogP contribution in [0.3, 0.4) is 0 Å². The van der Waals surface area contributed by atoms with Crippen molar-refractivity contribution in [3.63, 3.8) is 0 Å². The number of hydrogen-bond donors (Lipinski definition) is 1. The molecule has 1 atom stereocenters. The van der Waals surface area contributed by atoms with Gasteiger partial charge in [-0.3, -0.25) is 10.1 Å². The van der Waals surface area contributed by atoms with E-state index in [1.165, 1.54) is 18.2 Å². The van der Waals surface area contributed by atoms with Gasteiger partial charge in [-0.25, -0.2) is 4.39 Å². The number of nitro benzene ring substituents is 1. The van der Waals surface area contributed by atoms with Gasteiger partial charge in [-0.1, -0.05) is 18.2 Å². The van der Waals surface area contributed by atoms with E-state index in [1.807, 2.05) is 0 Å². The summed E-state index contributed by atoms with van der Waals surface area (Å²) in [4.78, 5) is 9.77. The lowest BCUT2D eigenvalue weighted by atomic mass is 9.99. The molecular formula is C15H14F2N2O2. The molecule has 0 spiro atoms. The predicted molar refractivity (Wildman–Crippen MR) is 74.8 cm³/mol. The molecule has 0 fully saturated rings. The first-order chi connectivity index (χ1) is 9.95. The monoisotopic (exact) mass is 292 g/mol. The summed E-state index contributed by atoms with van der Waals surface area (Å²) in [6.45, 7) is 0. The average molecular weight is 292 g/mol. The second-order valence-corrected chi connectivity index (χ2v) is 4.84. The molecule has 110 valence electrons. The zero-order chi connectivity index (χ0) is 15.4. The van der Waals surface area contributed by atoms with Gasteiger partial charge in [-0.05, 0) is 42.2 Å². The summed E-state index contributed by atoms with van der Waals surface area (Å²) in [7, 11) is 0. The average Bonchev–Trinajstić information content (AvgIpc) is 2.41. The topological polar surface area (TPSA) is 69.2 Å². The Hall–Kier alpha value is -2.34. The summed E-state index contributed by atoms with van der Waals surface area (Å²) in [5.74, 6) is -1.18. The van der Waals surface area contributed by atoms with Crippen LogP contribution >= 0.6 is 0 Å². The highest BCUT2D eigenvalue weighted by atomic mass is 19.1. The molecule has 0 heterocycles. The first-order valence-corrected chi connectivity index (χ1v) is 6.38. The van der Waals surface area contributed by atoms with E-state index in [0.29, 0.717) is 18.4 Å². The highest BCUT2D eigenvalue weighted by Gasteiger charge is 2.15. The quantitative estimate of drug-likeness (QED) is 0.680. The lowest BCUT2D eigenvalue weighted by Crippen LogP contribution is -2.25. The number of nitro groups is 1. The van der Waals surface area contributed by atoms with Crippen LogP contribution < -0.4 is 5.73 Å². The molecular weight excluding hydrogens is 278 g/mol. The van der Waals surface area contributed by atoms with Gasteiger partial charge in [0, 0.05) is 12.1 Å². The fourth-order valence-electron chi connectivity index (χ4n) is 2.12. The molecule has 0 amide bonds. The van der Waals surface area contributed by atoms with Crippen molar-refractivity contribution >= 4 is 5.69 Å². The largest absolute Gasteiger partial charge is 0.327 e. The molecule has 0 saturated carbocycles. The van der Waals surface area contributed by atoms with Crippen LogP contribution in [-0.4, -0.2) is 11.0 Å². The Morgan fingerprint density at radius 1 is 1.05 bits per heavy atom. The van der Waals surface area contributed by atoms with Crippen LogP contribution in [0, 0.1) is 21.7 Å². The minimum Gasteiger partial charge on any atom is -0.327 e. The van der Waals surface area contributed by atoms with Gasteiger partial charge in [-0.15, -0.1) is 0 Å². The third-order valence-electron chi connectivity index (χ3n) is 3.12. The van der Waals surface area contributed by atoms with Gasteiger partial charge >= 0.3 is 5.69 Å². The van der Waals surface area contributed by atoms with Crippen molar-refractivity contribution in [1.29, 1.82) is 0 Å². The van der Waals surface area contributed by atoms with Crippen molar-refractivity contribution in [2.75, 3.05) is 0 Å². The number of rotatable bonds is 5. The van der Waals surface area contributed by atoms with Gasteiger partial charge < -0.3 is 5.73 Å². The van der Waals surface area contributed by atoms with Gasteiger partial charge in [0.05, 0.1) is 4.92 Å². The standard InChI is InChI=1S/C15H14F2N2O2/c16-12-4-1-10(2-5-12)7-13(18)8-11-3-6-15(19(20)21)14(17)9-11/h1-6,9,13H,7-8,18H2. The van der Waals surface area contributed by atoms with Crippen molar-refractivity contribution in [3.05, 3.63) is 75.3 Å². The number of nitrogens with two attached hydrogens (primary N) is 1. The molecule has 0 bridgehead atoms. The smallest absolute Gasteiger partial charge is 0.304 e. The van der Waals surface area contributed by atoms with Crippen molar-refractivity contribution in [2.24, 2.45) is 5.73 Å². The van der Waals surface area contributed by atoms with Crippen LogP contribution in [0.1, 0.15) is 11.1 Å². The first-order valence-electron chi connectivity index (χ1n) is 6.38. The van der Waals surface area contributed by atoms with E-state index in [4.69, 9.17) is 5.73 Å². The maximum Gasteiger partial charge on any atom is 0.304 e. The predicted octanol–water partition coefficient (Wildman–Crippen LogP) is 2.99. The van der Waals surface area contributed by atoms with E-state index in [1.54, 1.807) is 12.1 Å². The summed E-state index contributed by atoms with van der Waals surface area (Å²) in [5, 5.41) is 10.5. The summed E-state index contributed by atoms with van der Waals surface area (Å²) in [6.07, 6.45) is 0.894. The zero-order valence-electron chi connectivity index (χ0n) is 11.1. The maximum absolute atomic E-state index is 13.5. The Balaban J connectivity index is 2.02. The Morgan fingerprint density at radius 2 is 1.62 bits per heavy atom.